The molecule has 9 N–H and O–H groups in total. The summed E-state index contributed by atoms with van der Waals surface area (Å²) in [6.45, 7) is 0. The van der Waals surface area contributed by atoms with Crippen LogP contribution in [-0.2, 0) is 21.1 Å². The summed E-state index contributed by atoms with van der Waals surface area (Å²) in [5.74, 6) is 0. The predicted octanol–water partition coefficient (Wildman–Crippen LogP) is 2.69. The van der Waals surface area contributed by atoms with E-state index >= 15 is 0 Å². The van der Waals surface area contributed by atoms with E-state index in [9.17, 15) is 0 Å². The molecule has 6 heavy (non-hydrogen) atoms. The fraction of sp³-hybridized carbons (Fsp3) is 0. The van der Waals surface area contributed by atoms with Crippen molar-refractivity contribution in [3.05, 3.63) is 24.6 Å². The fourth-order valence-corrected chi connectivity index (χ4v) is 0. The normalized spacial score (nSPS) is 0. The van der Waals surface area contributed by atoms with Crippen molar-refractivity contribution in [1.82, 2.24) is 0 Å². The Hall–Kier alpha value is 0.488. The maximum absolute atomic E-state index is 0. The Morgan fingerprint density at radius 1 is 0.500 bits per heavy atom. The van der Waals surface area contributed by atoms with Crippen molar-refractivity contribution in [3.63, 3.8) is 0 Å². The first-order chi connectivity index (χ1) is 0. The molecule has 0 aromatic carbocycles. The molecule has 0 fully saturated rings. The number of hydrogen-bond donors (Lipinski definition) is 0. The second-order valence-corrected chi connectivity index (χ2v) is 0. The second-order valence-electron chi connectivity index (χ2n) is 0. The second kappa shape index (κ2) is 464. The van der Waals surface area contributed by atoms with Crippen molar-refractivity contribution >= 4 is 0 Å². The maximum Gasteiger partial charge on any atom is 2.00 e. The van der Waals surface area contributed by atoms with Gasteiger partial charge < -0.3 is 30.1 Å². The maximum atomic E-state index is 0. The van der Waals surface area contributed by atoms with E-state index in [-0.39, 0.29) is 51.1 Å². The Kier molecular flexibility index (Phi) is 63300. The zero-order chi connectivity index (χ0) is 0. The van der Waals surface area contributed by atoms with E-state index in [2.05, 4.69) is 0 Å². The number of nitrogens with two attached hydrogens (primary N) is 4. The molecule has 0 aromatic heterocycles. The van der Waals surface area contributed by atoms with Gasteiger partial charge in [0, 0.05) is 0 Å². The number of hydrogen-bond acceptors (Lipinski definition) is 1. The molecule has 0 aromatic rings. The zero-order valence-electron chi connectivity index (χ0n) is 3.07. The van der Waals surface area contributed by atoms with Crippen LogP contribution >= 0.6 is 0 Å². The van der Waals surface area contributed by atoms with Gasteiger partial charge in [0.1, 0.15) is 0 Å². The van der Waals surface area contributed by atoms with Crippen LogP contribution in [0.1, 0.15) is 0 Å². The van der Waals surface area contributed by atoms with Crippen LogP contribution in [0.25, 0.3) is 24.6 Å². The molecule has 0 saturated carbocycles. The van der Waals surface area contributed by atoms with Gasteiger partial charge in [-0.05, 0) is 0 Å². The molecule has 0 heterocycles. The van der Waals surface area contributed by atoms with Gasteiger partial charge in [0.25, 0.3) is 0 Å². The third-order valence-corrected chi connectivity index (χ3v) is 0. The van der Waals surface area contributed by atoms with E-state index in [1.165, 1.54) is 0 Å². The molecule has 0 aliphatic rings. The minimum atomic E-state index is 0. The van der Waals surface area contributed by atoms with Crippen LogP contribution in [0.4, 0.5) is 0 Å². The van der Waals surface area contributed by atoms with Crippen molar-refractivity contribution in [2.24, 2.45) is 0 Å². The molecule has 0 atom stereocenters. The topological polar surface area (TPSA) is 164 Å². The van der Waals surface area contributed by atoms with Gasteiger partial charge in [0.05, 0.1) is 0 Å². The summed E-state index contributed by atoms with van der Waals surface area (Å²) in [6.07, 6.45) is 0. The van der Waals surface area contributed by atoms with Gasteiger partial charge in [-0.25, -0.2) is 0 Å². The van der Waals surface area contributed by atoms with Gasteiger partial charge in [-0.3, -0.25) is 0 Å². The quantitative estimate of drug-likeness (QED) is 0.652. The summed E-state index contributed by atoms with van der Waals surface area (Å²) < 4.78 is 0. The van der Waals surface area contributed by atoms with Gasteiger partial charge in [0.15, 0.2) is 0 Å². The van der Waals surface area contributed by atoms with Crippen molar-refractivity contribution in [2.45, 2.75) is 0 Å². The zero-order valence-corrected chi connectivity index (χ0v) is 5.35. The molecule has 0 unspecified atom stereocenters. The Labute approximate surface area is 51.8 Å². The molecule has 48 valence electrons. The van der Waals surface area contributed by atoms with Gasteiger partial charge in [-0.15, -0.1) is 0 Å². The molecule has 0 aliphatic heterocycles. The summed E-state index contributed by atoms with van der Waals surface area (Å²) in [5, 5.41) is 0. The Balaban J connectivity index is 0. The van der Waals surface area contributed by atoms with E-state index in [4.69, 9.17) is 0 Å². The minimum absolute atomic E-state index is 0. The predicted molar refractivity (Wildman–Crippen MR) is 23.1 cm³/mol. The standard InChI is InChI=1S/4H2N.H2O.Pt/h5*1H2;/q4*-1;;+2/p-1. The molecule has 0 amide bonds. The molecule has 6 heteroatoms. The average molecular weight is 276 g/mol. The van der Waals surface area contributed by atoms with Crippen molar-refractivity contribution in [2.75, 3.05) is 0 Å². The summed E-state index contributed by atoms with van der Waals surface area (Å²) >= 11 is 0. The first-order valence-corrected chi connectivity index (χ1v) is 0. The largest absolute Gasteiger partial charge is 2.00 e. The average Bonchev–Trinajstić information content (AvgIpc) is 0. The summed E-state index contributed by atoms with van der Waals surface area (Å²) in [6, 6.07) is 0. The monoisotopic (exact) mass is 276 g/mol. The molecule has 0 saturated heterocycles. The molecule has 0 rings (SSSR count). The summed E-state index contributed by atoms with van der Waals surface area (Å²) in [7, 11) is 0. The third kappa shape index (κ3) is 229. The molecule has 5 nitrogen and oxygen atoms in total. The van der Waals surface area contributed by atoms with Gasteiger partial charge in [-0.1, -0.05) is 0 Å². The van der Waals surface area contributed by atoms with Crippen LogP contribution in [0.15, 0.2) is 0 Å². The van der Waals surface area contributed by atoms with Crippen molar-refractivity contribution < 1.29 is 26.5 Å². The molecule has 0 spiro atoms. The number of rotatable bonds is 0. The van der Waals surface area contributed by atoms with E-state index in [0.29, 0.717) is 0 Å². The van der Waals surface area contributed by atoms with Gasteiger partial charge >= 0.3 is 21.1 Å². The molecular formula is H9N4OPt-3. The first kappa shape index (κ1) is 820. The first-order valence-electron chi connectivity index (χ1n) is 0. The van der Waals surface area contributed by atoms with Gasteiger partial charge in [0.2, 0.25) is 0 Å². The molecule has 0 aliphatic carbocycles. The smallest absolute Gasteiger partial charge is 0.870 e. The molecular weight excluding hydrogens is 267 g/mol. The summed E-state index contributed by atoms with van der Waals surface area (Å²) in [4.78, 5) is 0. The van der Waals surface area contributed by atoms with Crippen LogP contribution in [0, 0.1) is 0 Å². The van der Waals surface area contributed by atoms with E-state index < -0.39 is 0 Å². The van der Waals surface area contributed by atoms with Crippen molar-refractivity contribution in [3.8, 4) is 0 Å². The fourth-order valence-electron chi connectivity index (χ4n) is 0. The minimum Gasteiger partial charge on any atom is -0.870 e. The van der Waals surface area contributed by atoms with Crippen LogP contribution in [0.5, 0.6) is 0 Å². The van der Waals surface area contributed by atoms with Gasteiger partial charge in [-0.2, -0.15) is 0 Å². The Morgan fingerprint density at radius 3 is 0.500 bits per heavy atom. The van der Waals surface area contributed by atoms with Crippen LogP contribution in [-0.4, -0.2) is 5.48 Å². The van der Waals surface area contributed by atoms with Crippen LogP contribution in [0.2, 0.25) is 0 Å². The summed E-state index contributed by atoms with van der Waals surface area (Å²) in [5.41, 5.74) is 0. The third-order valence-electron chi connectivity index (χ3n) is 0. The SMILES string of the molecule is [NH2-].[NH2-].[NH2-].[NH2-].[OH-].[Pt+2]. The van der Waals surface area contributed by atoms with Crippen LogP contribution in [0.3, 0.4) is 0 Å². The Bertz CT molecular complexity index is 7.51. The van der Waals surface area contributed by atoms with E-state index in [0.717, 1.165) is 0 Å². The van der Waals surface area contributed by atoms with E-state index in [1.807, 2.05) is 0 Å². The van der Waals surface area contributed by atoms with Crippen LogP contribution < -0.4 is 0 Å². The van der Waals surface area contributed by atoms with Crippen molar-refractivity contribution in [1.29, 1.82) is 0 Å². The Morgan fingerprint density at radius 2 is 0.500 bits per heavy atom. The molecule has 0 radical (unpaired) electrons. The van der Waals surface area contributed by atoms with E-state index in [1.54, 1.807) is 0 Å². The molecule has 0 bridgehead atoms.